The number of fused-ring (bicyclic) bond motifs is 1. The summed E-state index contributed by atoms with van der Waals surface area (Å²) in [6, 6.07) is 15.9. The lowest BCUT2D eigenvalue weighted by Crippen LogP contribution is -2.46. The number of thiazole rings is 1. The summed E-state index contributed by atoms with van der Waals surface area (Å²) in [6.07, 6.45) is 3.60. The molecule has 31 heavy (non-hydrogen) atoms. The molecule has 0 aliphatic carbocycles. The van der Waals surface area contributed by atoms with Crippen molar-refractivity contribution in [1.82, 2.24) is 15.0 Å². The Morgan fingerprint density at radius 2 is 1.74 bits per heavy atom. The maximum absolute atomic E-state index is 6.09. The van der Waals surface area contributed by atoms with Crippen molar-refractivity contribution >= 4 is 38.2 Å². The highest BCUT2D eigenvalue weighted by Gasteiger charge is 2.26. The van der Waals surface area contributed by atoms with Gasteiger partial charge in [0.05, 0.1) is 22.4 Å². The predicted molar refractivity (Wildman–Crippen MR) is 124 cm³/mol. The number of nitrogens with zero attached hydrogens (tertiary/aromatic N) is 4. The predicted octanol–water partition coefficient (Wildman–Crippen LogP) is 5.24. The number of morpholine rings is 1. The summed E-state index contributed by atoms with van der Waals surface area (Å²) < 4.78 is 13.1. The van der Waals surface area contributed by atoms with E-state index in [0.29, 0.717) is 11.6 Å². The second-order valence-electron chi connectivity index (χ2n) is 7.59. The second-order valence-corrected chi connectivity index (χ2v) is 8.62. The first-order chi connectivity index (χ1) is 15.1. The lowest BCUT2D eigenvalue weighted by atomic mass is 10.2. The summed E-state index contributed by atoms with van der Waals surface area (Å²) in [6.45, 7) is 5.64. The lowest BCUT2D eigenvalue weighted by Gasteiger charge is -2.36. The minimum absolute atomic E-state index is 0.131. The molecule has 0 radical (unpaired) electrons. The van der Waals surface area contributed by atoms with Gasteiger partial charge < -0.3 is 19.7 Å². The van der Waals surface area contributed by atoms with Gasteiger partial charge >= 0.3 is 0 Å². The molecule has 0 saturated carbocycles. The topological polar surface area (TPSA) is 72.4 Å². The van der Waals surface area contributed by atoms with Gasteiger partial charge in [-0.15, -0.1) is 0 Å². The first kappa shape index (κ1) is 19.7. The third kappa shape index (κ3) is 4.45. The number of ether oxygens (including phenoxy) is 2. The largest absolute Gasteiger partial charge is 0.436 e. The third-order valence-electron chi connectivity index (χ3n) is 4.98. The molecule has 158 valence electrons. The Morgan fingerprint density at radius 1 is 1.00 bits per heavy atom. The molecule has 0 spiro atoms. The van der Waals surface area contributed by atoms with E-state index >= 15 is 0 Å². The number of aromatic nitrogens is 3. The van der Waals surface area contributed by atoms with Gasteiger partial charge in [0, 0.05) is 31.2 Å². The van der Waals surface area contributed by atoms with Crippen molar-refractivity contribution in [2.45, 2.75) is 26.1 Å². The number of anilines is 3. The minimum atomic E-state index is 0.131. The Bertz CT molecular complexity index is 1140. The van der Waals surface area contributed by atoms with Crippen molar-refractivity contribution in [3.8, 4) is 11.6 Å². The summed E-state index contributed by atoms with van der Waals surface area (Å²) in [5, 5.41) is 4.22. The molecule has 8 heteroatoms. The van der Waals surface area contributed by atoms with Gasteiger partial charge in [-0.05, 0) is 50.2 Å². The molecule has 2 aromatic heterocycles. The Labute approximate surface area is 184 Å². The summed E-state index contributed by atoms with van der Waals surface area (Å²) in [5.74, 6) is 1.93. The van der Waals surface area contributed by atoms with Crippen LogP contribution in [0.1, 0.15) is 13.8 Å². The van der Waals surface area contributed by atoms with Crippen LogP contribution >= 0.6 is 11.3 Å². The molecule has 5 rings (SSSR count). The van der Waals surface area contributed by atoms with Crippen LogP contribution < -0.4 is 15.0 Å². The van der Waals surface area contributed by atoms with Crippen LogP contribution in [0.4, 0.5) is 16.6 Å². The van der Waals surface area contributed by atoms with Gasteiger partial charge in [0.25, 0.3) is 5.88 Å². The maximum Gasteiger partial charge on any atom is 0.263 e. The van der Waals surface area contributed by atoms with Crippen LogP contribution in [0.3, 0.4) is 0 Å². The van der Waals surface area contributed by atoms with Crippen LogP contribution in [0.15, 0.2) is 60.9 Å². The van der Waals surface area contributed by atoms with Gasteiger partial charge in [0.15, 0.2) is 10.9 Å². The average molecular weight is 434 g/mol. The lowest BCUT2D eigenvalue weighted by molar-refractivity contribution is -0.00558. The van der Waals surface area contributed by atoms with Gasteiger partial charge in [0.2, 0.25) is 0 Å². The summed E-state index contributed by atoms with van der Waals surface area (Å²) in [7, 11) is 0. The van der Waals surface area contributed by atoms with E-state index < -0.39 is 0 Å². The quantitative estimate of drug-likeness (QED) is 0.462. The van der Waals surface area contributed by atoms with Crippen molar-refractivity contribution in [1.29, 1.82) is 0 Å². The first-order valence-corrected chi connectivity index (χ1v) is 11.1. The van der Waals surface area contributed by atoms with E-state index in [2.05, 4.69) is 45.1 Å². The van der Waals surface area contributed by atoms with Crippen LogP contribution in [0.5, 0.6) is 11.6 Å². The number of nitrogens with one attached hydrogen (secondary N) is 1. The van der Waals surface area contributed by atoms with Gasteiger partial charge in [-0.25, -0.2) is 15.0 Å². The Hall–Kier alpha value is -3.23. The molecule has 0 amide bonds. The highest BCUT2D eigenvalue weighted by molar-refractivity contribution is 7.22. The van der Waals surface area contributed by atoms with E-state index in [0.717, 1.165) is 39.9 Å². The number of hydrogen-bond donors (Lipinski definition) is 1. The van der Waals surface area contributed by atoms with Crippen molar-refractivity contribution in [3.05, 3.63) is 60.9 Å². The smallest absolute Gasteiger partial charge is 0.263 e. The van der Waals surface area contributed by atoms with Crippen LogP contribution in [0.2, 0.25) is 0 Å². The maximum atomic E-state index is 6.09. The van der Waals surface area contributed by atoms with E-state index in [9.17, 15) is 0 Å². The van der Waals surface area contributed by atoms with Crippen molar-refractivity contribution in [2.24, 2.45) is 0 Å². The fourth-order valence-corrected chi connectivity index (χ4v) is 4.61. The van der Waals surface area contributed by atoms with E-state index in [1.807, 2.05) is 42.5 Å². The molecule has 2 atom stereocenters. The van der Waals surface area contributed by atoms with E-state index in [1.54, 1.807) is 23.7 Å². The van der Waals surface area contributed by atoms with Gasteiger partial charge in [-0.3, -0.25) is 0 Å². The van der Waals surface area contributed by atoms with Crippen LogP contribution in [-0.2, 0) is 4.74 Å². The molecule has 2 aromatic carbocycles. The molecule has 4 aromatic rings. The number of hydrogen-bond acceptors (Lipinski definition) is 8. The molecule has 0 bridgehead atoms. The Balaban J connectivity index is 1.31. The van der Waals surface area contributed by atoms with Crippen LogP contribution in [-0.4, -0.2) is 40.2 Å². The van der Waals surface area contributed by atoms with Crippen molar-refractivity contribution < 1.29 is 9.47 Å². The molecule has 7 nitrogen and oxygen atoms in total. The SMILES string of the molecule is CC1CN(c2nccnc2Oc2ccc(Nc3nc4ccccc4s3)cc2)CC(C)O1. The second kappa shape index (κ2) is 8.49. The number of rotatable bonds is 5. The van der Waals surface area contributed by atoms with Crippen molar-refractivity contribution in [3.63, 3.8) is 0 Å². The number of benzene rings is 2. The molecular formula is C23H23N5O2S. The Morgan fingerprint density at radius 3 is 2.52 bits per heavy atom. The highest BCUT2D eigenvalue weighted by atomic mass is 32.1. The molecule has 2 unspecified atom stereocenters. The monoisotopic (exact) mass is 433 g/mol. The molecular weight excluding hydrogens is 410 g/mol. The fourth-order valence-electron chi connectivity index (χ4n) is 3.72. The minimum Gasteiger partial charge on any atom is -0.436 e. The molecule has 1 N–H and O–H groups in total. The van der Waals surface area contributed by atoms with Crippen LogP contribution in [0, 0.1) is 0 Å². The summed E-state index contributed by atoms with van der Waals surface area (Å²) >= 11 is 1.63. The fraction of sp³-hybridized carbons (Fsp3) is 0.261. The molecule has 1 aliphatic heterocycles. The molecule has 3 heterocycles. The first-order valence-electron chi connectivity index (χ1n) is 10.3. The van der Waals surface area contributed by atoms with Gasteiger partial charge in [-0.2, -0.15) is 0 Å². The average Bonchev–Trinajstić information content (AvgIpc) is 3.17. The number of para-hydroxylation sites is 1. The Kier molecular flexibility index (Phi) is 5.40. The standard InChI is InChI=1S/C23H23N5O2S/c1-15-13-28(14-16(2)29-15)21-22(25-12-11-24-21)30-18-9-7-17(8-10-18)26-23-27-19-5-3-4-6-20(19)31-23/h3-12,15-16H,13-14H2,1-2H3,(H,26,27). The van der Waals surface area contributed by atoms with Gasteiger partial charge in [0.1, 0.15) is 5.75 Å². The summed E-state index contributed by atoms with van der Waals surface area (Å²) in [4.78, 5) is 15.7. The molecule has 1 saturated heterocycles. The zero-order chi connectivity index (χ0) is 21.2. The van der Waals surface area contributed by atoms with E-state index in [4.69, 9.17) is 9.47 Å². The van der Waals surface area contributed by atoms with Gasteiger partial charge in [-0.1, -0.05) is 23.5 Å². The third-order valence-corrected chi connectivity index (χ3v) is 5.93. The summed E-state index contributed by atoms with van der Waals surface area (Å²) in [5.41, 5.74) is 1.94. The zero-order valence-electron chi connectivity index (χ0n) is 17.4. The van der Waals surface area contributed by atoms with E-state index in [-0.39, 0.29) is 12.2 Å². The molecule has 1 fully saturated rings. The highest BCUT2D eigenvalue weighted by Crippen LogP contribution is 2.32. The van der Waals surface area contributed by atoms with E-state index in [1.165, 1.54) is 0 Å². The molecule has 1 aliphatic rings. The van der Waals surface area contributed by atoms with Crippen LogP contribution in [0.25, 0.3) is 10.2 Å². The normalized spacial score (nSPS) is 18.8. The van der Waals surface area contributed by atoms with Crippen molar-refractivity contribution in [2.75, 3.05) is 23.3 Å². The zero-order valence-corrected chi connectivity index (χ0v) is 18.2.